The van der Waals surface area contributed by atoms with Gasteiger partial charge in [-0.1, -0.05) is 0 Å². The zero-order chi connectivity index (χ0) is 33.3. The maximum atomic E-state index is 13.5. The second-order valence-electron chi connectivity index (χ2n) is 16.1. The molecule has 1 unspecified atom stereocenters. The molecule has 47 heavy (non-hydrogen) atoms. The van der Waals surface area contributed by atoms with E-state index in [9.17, 15) is 13.2 Å². The van der Waals surface area contributed by atoms with Gasteiger partial charge in [-0.25, -0.2) is 0 Å². The summed E-state index contributed by atoms with van der Waals surface area (Å²) in [4.78, 5) is 0. The van der Waals surface area contributed by atoms with Crippen molar-refractivity contribution in [2.24, 2.45) is 11.3 Å². The number of fused-ring (bicyclic) bond motifs is 3. The number of hydrogen-bond acceptors (Lipinski definition) is 0. The minimum absolute atomic E-state index is 0. The topological polar surface area (TPSA) is 0 Å². The van der Waals surface area contributed by atoms with E-state index in [0.717, 1.165) is 18.4 Å². The molecule has 2 aliphatic rings. The minimum atomic E-state index is -4.34. The summed E-state index contributed by atoms with van der Waals surface area (Å²) in [5.74, 6) is 0.305. The van der Waals surface area contributed by atoms with Crippen LogP contribution in [0, 0.1) is 11.3 Å². The van der Waals surface area contributed by atoms with E-state index >= 15 is 0 Å². The van der Waals surface area contributed by atoms with Crippen LogP contribution in [0.3, 0.4) is 0 Å². The first kappa shape index (κ1) is 39.7. The van der Waals surface area contributed by atoms with Gasteiger partial charge in [0.2, 0.25) is 0 Å². The Morgan fingerprint density at radius 2 is 1.28 bits per heavy atom. The molecule has 0 radical (unpaired) electrons. The molecule has 0 aromatic heterocycles. The third-order valence-electron chi connectivity index (χ3n) is 9.56. The van der Waals surface area contributed by atoms with Gasteiger partial charge in [0.1, 0.15) is 0 Å². The largest absolute Gasteiger partial charge is 1.00 e. The van der Waals surface area contributed by atoms with Crippen LogP contribution in [0.25, 0.3) is 11.1 Å². The third-order valence-corrected chi connectivity index (χ3v) is 16.9. The molecule has 5 rings (SSSR count). The molecule has 0 saturated carbocycles. The zero-order valence-electron chi connectivity index (χ0n) is 29.7. The second kappa shape index (κ2) is 13.9. The molecule has 0 saturated heterocycles. The molecule has 0 nitrogen and oxygen atoms in total. The quantitative estimate of drug-likeness (QED) is 0.267. The average molecular weight is 761 g/mol. The smallest absolute Gasteiger partial charge is 1.00 e. The van der Waals surface area contributed by atoms with Crippen LogP contribution in [0.4, 0.5) is 13.2 Å². The summed E-state index contributed by atoms with van der Waals surface area (Å²) in [5.41, 5.74) is 11.4. The number of alkyl halides is 3. The van der Waals surface area contributed by atoms with E-state index in [1.165, 1.54) is 59.9 Å². The van der Waals surface area contributed by atoms with Crippen molar-refractivity contribution in [2.75, 3.05) is 0 Å². The first-order valence-electron chi connectivity index (χ1n) is 16.4. The van der Waals surface area contributed by atoms with Crippen molar-refractivity contribution < 1.29 is 59.3 Å². The van der Waals surface area contributed by atoms with Crippen molar-refractivity contribution in [3.8, 4) is 11.1 Å². The Hall–Kier alpha value is -1.74. The molecule has 3 aromatic carbocycles. The predicted octanol–water partition coefficient (Wildman–Crippen LogP) is 5.26. The van der Waals surface area contributed by atoms with E-state index < -0.39 is 33.0 Å². The van der Waals surface area contributed by atoms with Gasteiger partial charge in [0, 0.05) is 0 Å². The number of rotatable bonds is 4. The maximum Gasteiger partial charge on any atom is -1.00 e. The molecule has 6 heteroatoms. The van der Waals surface area contributed by atoms with Gasteiger partial charge in [0.25, 0.3) is 0 Å². The van der Waals surface area contributed by atoms with Gasteiger partial charge in [-0.05, 0) is 0 Å². The molecule has 3 aromatic rings. The molecule has 0 spiro atoms. The van der Waals surface area contributed by atoms with Crippen LogP contribution in [0.15, 0.2) is 75.1 Å². The summed E-state index contributed by atoms with van der Waals surface area (Å²) < 4.78 is 46.0. The first-order valence-corrected chi connectivity index (χ1v) is 20.2. The molecule has 0 N–H and O–H groups in total. The fourth-order valence-electron chi connectivity index (χ4n) is 7.00. The van der Waals surface area contributed by atoms with Crippen LogP contribution >= 0.6 is 0 Å². The van der Waals surface area contributed by atoms with Gasteiger partial charge in [0.05, 0.1) is 0 Å². The van der Waals surface area contributed by atoms with Crippen molar-refractivity contribution in [1.82, 2.24) is 0 Å². The summed E-state index contributed by atoms with van der Waals surface area (Å²) in [7, 11) is 0. The number of halogens is 5. The molecule has 0 bridgehead atoms. The van der Waals surface area contributed by atoms with Crippen LogP contribution < -0.4 is 28.1 Å². The van der Waals surface area contributed by atoms with Gasteiger partial charge in [0.15, 0.2) is 0 Å². The zero-order valence-corrected chi connectivity index (χ0v) is 33.7. The van der Waals surface area contributed by atoms with Crippen LogP contribution in [0.5, 0.6) is 0 Å². The maximum absolute atomic E-state index is 13.5. The molecule has 0 heterocycles. The number of benzene rings is 3. The number of allylic oxidation sites excluding steroid dienone is 4. The van der Waals surface area contributed by atoms with E-state index in [0.29, 0.717) is 5.92 Å². The summed E-state index contributed by atoms with van der Waals surface area (Å²) in [5, 5.41) is 0. The van der Waals surface area contributed by atoms with Gasteiger partial charge in [-0.2, -0.15) is 0 Å². The molecule has 2 aliphatic carbocycles. The van der Waals surface area contributed by atoms with Crippen LogP contribution in [-0.4, -0.2) is 3.71 Å². The number of hydrogen-bond donors (Lipinski definition) is 0. The molecule has 0 aliphatic heterocycles. The Kier molecular flexibility index (Phi) is 11.7. The molecule has 1 atom stereocenters. The summed E-state index contributed by atoms with van der Waals surface area (Å²) >= 11 is -2.90. The van der Waals surface area contributed by atoms with E-state index in [-0.39, 0.29) is 41.1 Å². The standard InChI is InChI=1S/C21H25.C12H19.C8H5F3.2ClH.Zr/c1-20(2,3)16-9-7-14-11-15-8-10-17(21(4,5)6)13-19(15)18(14)12-16;1-6-10-7-9(2)8-11(10)12(3,4)5;1-6-2-4-7(5-3-6)8(9,10)11;;;/h7,9-10,12-13H,11H2,1-6H3;8-9H,6H2,1-5H3;1-5H;2*1H;/q;;;;;+2/p-2. The minimum Gasteiger partial charge on any atom is -1.00 e. The van der Waals surface area contributed by atoms with Gasteiger partial charge >= 0.3 is 278 Å². The molecular formula is C41H49Cl2F3Zr. The van der Waals surface area contributed by atoms with Gasteiger partial charge in [-0.3, -0.25) is 0 Å². The Labute approximate surface area is 301 Å². The van der Waals surface area contributed by atoms with Crippen LogP contribution in [0.2, 0.25) is 0 Å². The first-order chi connectivity index (χ1) is 20.7. The van der Waals surface area contributed by atoms with Gasteiger partial charge < -0.3 is 24.8 Å². The van der Waals surface area contributed by atoms with Crippen molar-refractivity contribution in [3.05, 3.63) is 108 Å². The fourth-order valence-corrected chi connectivity index (χ4v) is 14.9. The van der Waals surface area contributed by atoms with Crippen molar-refractivity contribution in [3.63, 3.8) is 0 Å². The van der Waals surface area contributed by atoms with Crippen LogP contribution in [0.1, 0.15) is 116 Å². The van der Waals surface area contributed by atoms with Crippen molar-refractivity contribution in [1.29, 1.82) is 0 Å². The summed E-state index contributed by atoms with van der Waals surface area (Å²) in [6.07, 6.45) is 0.00300. The normalized spacial score (nSPS) is 16.4. The second-order valence-corrected chi connectivity index (χ2v) is 21.5. The van der Waals surface area contributed by atoms with Crippen LogP contribution in [-0.2, 0) is 44.7 Å². The average Bonchev–Trinajstić information content (AvgIpc) is 3.47. The Bertz CT molecular complexity index is 1740. The predicted molar refractivity (Wildman–Crippen MR) is 182 cm³/mol. The van der Waals surface area contributed by atoms with E-state index in [2.05, 4.69) is 116 Å². The molecule has 0 amide bonds. The van der Waals surface area contributed by atoms with Gasteiger partial charge in [-0.15, -0.1) is 0 Å². The molecule has 252 valence electrons. The van der Waals surface area contributed by atoms with E-state index in [1.54, 1.807) is 15.4 Å². The Morgan fingerprint density at radius 3 is 1.79 bits per heavy atom. The van der Waals surface area contributed by atoms with Crippen molar-refractivity contribution in [2.45, 2.75) is 106 Å². The Morgan fingerprint density at radius 1 is 0.723 bits per heavy atom. The van der Waals surface area contributed by atoms with E-state index in [4.69, 9.17) is 0 Å². The Balaban J connectivity index is 0.00000300. The van der Waals surface area contributed by atoms with Crippen molar-refractivity contribution >= 4 is 6.98 Å². The molecular weight excluding hydrogens is 712 g/mol. The fraction of sp³-hybridized carbons (Fsp3) is 0.439. The monoisotopic (exact) mass is 758 g/mol. The molecule has 0 fully saturated rings. The summed E-state index contributed by atoms with van der Waals surface area (Å²) in [6, 6.07) is 17.8. The SMILES string of the molecule is CCC1=[C](/[Zr+2](=[CH]/c2ccc(C(F)(F)F)cc2)[c]2cc(C(C)(C)C)cc3c2Cc2ccc(C(C)(C)C)cc2-3)C(C)C=C1C(C)(C)C.[Cl-].[Cl-]. The third kappa shape index (κ3) is 8.02. The van der Waals surface area contributed by atoms with E-state index in [1.807, 2.05) is 0 Å². The summed E-state index contributed by atoms with van der Waals surface area (Å²) in [6.45, 7) is 25.2.